The molecule has 5 nitrogen and oxygen atoms in total. The molecular formula is C17H13N5. The molecule has 0 aliphatic carbocycles. The molecule has 1 unspecified atom stereocenters. The minimum absolute atomic E-state index is 0.0870. The Morgan fingerprint density at radius 3 is 3.00 bits per heavy atom. The van der Waals surface area contributed by atoms with Gasteiger partial charge in [0.1, 0.15) is 5.82 Å². The van der Waals surface area contributed by atoms with E-state index in [0.717, 1.165) is 39.4 Å². The van der Waals surface area contributed by atoms with Crippen LogP contribution in [0.5, 0.6) is 0 Å². The first-order valence-electron chi connectivity index (χ1n) is 7.19. The average Bonchev–Trinajstić information content (AvgIpc) is 3.24. The van der Waals surface area contributed by atoms with Gasteiger partial charge in [-0.25, -0.2) is 4.98 Å². The zero-order valence-corrected chi connectivity index (χ0v) is 11.7. The number of pyridine rings is 1. The maximum Gasteiger partial charge on any atom is 0.140 e. The fraction of sp³-hybridized carbons (Fsp3) is 0.0588. The van der Waals surface area contributed by atoms with Crippen molar-refractivity contribution < 1.29 is 0 Å². The number of nitrogens with one attached hydrogen (secondary N) is 1. The summed E-state index contributed by atoms with van der Waals surface area (Å²) in [4.78, 5) is 12.2. The summed E-state index contributed by atoms with van der Waals surface area (Å²) in [6.45, 7) is 0. The predicted octanol–water partition coefficient (Wildman–Crippen LogP) is 2.78. The van der Waals surface area contributed by atoms with Gasteiger partial charge in [-0.1, -0.05) is 12.1 Å². The summed E-state index contributed by atoms with van der Waals surface area (Å²) in [7, 11) is 0. The van der Waals surface area contributed by atoms with Gasteiger partial charge in [0.25, 0.3) is 0 Å². The van der Waals surface area contributed by atoms with Gasteiger partial charge in [-0.2, -0.15) is 0 Å². The van der Waals surface area contributed by atoms with Gasteiger partial charge in [-0.05, 0) is 29.8 Å². The Hall–Kier alpha value is -2.92. The second-order valence-corrected chi connectivity index (χ2v) is 5.50. The van der Waals surface area contributed by atoms with Crippen molar-refractivity contribution in [1.29, 1.82) is 0 Å². The van der Waals surface area contributed by atoms with Gasteiger partial charge in [0.05, 0.1) is 29.0 Å². The SMILES string of the molecule is NC1c2cccc(-c3nc4ccncc4[nH]3)c2-n2cccc21. The van der Waals surface area contributed by atoms with Crippen LogP contribution < -0.4 is 5.73 Å². The molecule has 22 heavy (non-hydrogen) atoms. The molecule has 3 aromatic heterocycles. The van der Waals surface area contributed by atoms with Gasteiger partial charge in [-0.15, -0.1) is 0 Å². The summed E-state index contributed by atoms with van der Waals surface area (Å²) in [5, 5.41) is 0. The fourth-order valence-corrected chi connectivity index (χ4v) is 3.27. The van der Waals surface area contributed by atoms with E-state index in [1.807, 2.05) is 18.2 Å². The Balaban J connectivity index is 1.81. The van der Waals surface area contributed by atoms with E-state index in [4.69, 9.17) is 10.7 Å². The predicted molar refractivity (Wildman–Crippen MR) is 84.7 cm³/mol. The second kappa shape index (κ2) is 4.05. The third-order valence-corrected chi connectivity index (χ3v) is 4.28. The van der Waals surface area contributed by atoms with Gasteiger partial charge in [0, 0.05) is 23.7 Å². The molecule has 5 rings (SSSR count). The van der Waals surface area contributed by atoms with Crippen molar-refractivity contribution in [1.82, 2.24) is 19.5 Å². The standard InChI is InChI=1S/C17H13N5/c18-15-10-3-1-4-11(16(10)22-8-2-5-14(15)22)17-20-12-6-7-19-9-13(12)21-17/h1-9,15H,18H2,(H,20,21). The van der Waals surface area contributed by atoms with E-state index in [1.54, 1.807) is 12.4 Å². The smallest absolute Gasteiger partial charge is 0.140 e. The Morgan fingerprint density at radius 2 is 2.09 bits per heavy atom. The zero-order valence-electron chi connectivity index (χ0n) is 11.7. The van der Waals surface area contributed by atoms with Crippen LogP contribution in [0.2, 0.25) is 0 Å². The van der Waals surface area contributed by atoms with Gasteiger partial charge in [-0.3, -0.25) is 4.98 Å². The number of nitrogens with zero attached hydrogens (tertiary/aromatic N) is 3. The summed E-state index contributed by atoms with van der Waals surface area (Å²) in [5.74, 6) is 0.841. The first-order valence-corrected chi connectivity index (χ1v) is 7.19. The Labute approximate surface area is 126 Å². The Morgan fingerprint density at radius 1 is 1.14 bits per heavy atom. The zero-order chi connectivity index (χ0) is 14.7. The molecule has 0 fully saturated rings. The monoisotopic (exact) mass is 287 g/mol. The molecule has 0 radical (unpaired) electrons. The molecule has 0 saturated carbocycles. The lowest BCUT2D eigenvalue weighted by atomic mass is 10.0. The first kappa shape index (κ1) is 11.7. The molecule has 106 valence electrons. The second-order valence-electron chi connectivity index (χ2n) is 5.50. The molecule has 3 N–H and O–H groups in total. The number of hydrogen-bond donors (Lipinski definition) is 2. The maximum atomic E-state index is 6.36. The molecule has 4 aromatic rings. The number of nitrogens with two attached hydrogens (primary N) is 1. The van der Waals surface area contributed by atoms with E-state index in [2.05, 4.69) is 38.9 Å². The topological polar surface area (TPSA) is 72.5 Å². The van der Waals surface area contributed by atoms with Crippen LogP contribution in [0.1, 0.15) is 17.3 Å². The van der Waals surface area contributed by atoms with E-state index in [0.29, 0.717) is 0 Å². The van der Waals surface area contributed by atoms with E-state index in [1.165, 1.54) is 0 Å². The van der Waals surface area contributed by atoms with Gasteiger partial charge >= 0.3 is 0 Å². The van der Waals surface area contributed by atoms with Crippen molar-refractivity contribution in [2.24, 2.45) is 5.73 Å². The van der Waals surface area contributed by atoms with Crippen molar-refractivity contribution in [3.8, 4) is 17.1 Å². The van der Waals surface area contributed by atoms with Crippen molar-refractivity contribution >= 4 is 11.0 Å². The number of benzene rings is 1. The number of aromatic amines is 1. The van der Waals surface area contributed by atoms with Crippen LogP contribution in [0.25, 0.3) is 28.1 Å². The van der Waals surface area contributed by atoms with Gasteiger partial charge in [0.2, 0.25) is 0 Å². The molecule has 1 aromatic carbocycles. The number of fused-ring (bicyclic) bond motifs is 4. The summed E-state index contributed by atoms with van der Waals surface area (Å²) < 4.78 is 2.15. The van der Waals surface area contributed by atoms with Crippen molar-refractivity contribution in [3.05, 3.63) is 66.2 Å². The average molecular weight is 287 g/mol. The lowest BCUT2D eigenvalue weighted by Crippen LogP contribution is -2.07. The van der Waals surface area contributed by atoms with E-state index in [-0.39, 0.29) is 6.04 Å². The highest BCUT2D eigenvalue weighted by atomic mass is 15.0. The quantitative estimate of drug-likeness (QED) is 0.565. The van der Waals surface area contributed by atoms with Crippen molar-refractivity contribution in [2.75, 3.05) is 0 Å². The summed E-state index contributed by atoms with van der Waals surface area (Å²) in [5.41, 5.74) is 12.6. The molecule has 4 heterocycles. The lowest BCUT2D eigenvalue weighted by molar-refractivity contribution is 0.865. The number of hydrogen-bond acceptors (Lipinski definition) is 3. The van der Waals surface area contributed by atoms with Gasteiger partial charge in [0.15, 0.2) is 0 Å². The molecule has 5 heteroatoms. The summed E-state index contributed by atoms with van der Waals surface area (Å²) >= 11 is 0. The molecule has 0 amide bonds. The number of aromatic nitrogens is 4. The first-order chi connectivity index (χ1) is 10.8. The third kappa shape index (κ3) is 1.40. The third-order valence-electron chi connectivity index (χ3n) is 4.28. The molecule has 1 aliphatic rings. The highest BCUT2D eigenvalue weighted by molar-refractivity contribution is 5.82. The summed E-state index contributed by atoms with van der Waals surface area (Å²) in [6.07, 6.45) is 5.60. The molecular weight excluding hydrogens is 274 g/mol. The largest absolute Gasteiger partial charge is 0.337 e. The Kier molecular flexibility index (Phi) is 2.16. The lowest BCUT2D eigenvalue weighted by Gasteiger charge is -2.08. The maximum absolute atomic E-state index is 6.36. The fourth-order valence-electron chi connectivity index (χ4n) is 3.27. The van der Waals surface area contributed by atoms with Crippen LogP contribution in [-0.4, -0.2) is 19.5 Å². The highest BCUT2D eigenvalue weighted by Gasteiger charge is 2.28. The molecule has 0 bridgehead atoms. The van der Waals surface area contributed by atoms with Crippen LogP contribution >= 0.6 is 0 Å². The van der Waals surface area contributed by atoms with Crippen LogP contribution in [0.15, 0.2) is 55.0 Å². The van der Waals surface area contributed by atoms with Crippen molar-refractivity contribution in [3.63, 3.8) is 0 Å². The number of imidazole rings is 1. The molecule has 1 atom stereocenters. The Bertz CT molecular complexity index is 978. The van der Waals surface area contributed by atoms with Crippen LogP contribution in [0.3, 0.4) is 0 Å². The molecule has 0 spiro atoms. The van der Waals surface area contributed by atoms with Crippen LogP contribution in [0, 0.1) is 0 Å². The number of rotatable bonds is 1. The normalized spacial score (nSPS) is 16.0. The molecule has 0 saturated heterocycles. The van der Waals surface area contributed by atoms with Gasteiger partial charge < -0.3 is 15.3 Å². The highest BCUT2D eigenvalue weighted by Crippen LogP contribution is 2.40. The van der Waals surface area contributed by atoms with E-state index in [9.17, 15) is 0 Å². The van der Waals surface area contributed by atoms with Crippen LogP contribution in [0.4, 0.5) is 0 Å². The summed E-state index contributed by atoms with van der Waals surface area (Å²) in [6, 6.07) is 12.1. The number of para-hydroxylation sites is 1. The van der Waals surface area contributed by atoms with Crippen LogP contribution in [-0.2, 0) is 0 Å². The number of H-pyrrole nitrogens is 1. The van der Waals surface area contributed by atoms with Crippen molar-refractivity contribution in [2.45, 2.75) is 6.04 Å². The minimum Gasteiger partial charge on any atom is -0.337 e. The van der Waals surface area contributed by atoms with E-state index < -0.39 is 0 Å². The minimum atomic E-state index is -0.0870. The van der Waals surface area contributed by atoms with E-state index >= 15 is 0 Å². The molecule has 1 aliphatic heterocycles.